The molecule has 0 saturated heterocycles. The second-order valence-electron chi connectivity index (χ2n) is 13.8. The Balaban J connectivity index is 1.71. The Morgan fingerprint density at radius 3 is 1.83 bits per heavy atom. The molecule has 0 atom stereocenters. The zero-order valence-corrected chi connectivity index (χ0v) is 29.3. The quantitative estimate of drug-likeness (QED) is 0.191. The second kappa shape index (κ2) is 14.3. The molecule has 0 fully saturated rings. The first kappa shape index (κ1) is 35.0. The molecule has 8 nitrogen and oxygen atoms in total. The number of hydrogen-bond donors (Lipinski definition) is 0. The number of carbonyl (C=O) groups is 2. The third-order valence-electron chi connectivity index (χ3n) is 7.36. The standard InChI is InChI=1S/C39H47N3O5/c1-26-20-31(30-16-18-32(19-17-30)41(36(43)46-38(4,5)6)24-29-14-12-11-13-15-29)22-33(21-26)42(37(44)47-39(7,8)9)25-34-28(3)35(45-10)27(2)23-40-34/h11-23H,24-25H2,1-10H3. The van der Waals surface area contributed by atoms with E-state index < -0.39 is 23.4 Å². The summed E-state index contributed by atoms with van der Waals surface area (Å²) in [6.45, 7) is 17.6. The maximum Gasteiger partial charge on any atom is 0.415 e. The number of amides is 2. The van der Waals surface area contributed by atoms with Gasteiger partial charge in [0, 0.05) is 28.7 Å². The van der Waals surface area contributed by atoms with Gasteiger partial charge in [-0.25, -0.2) is 9.59 Å². The van der Waals surface area contributed by atoms with Crippen molar-refractivity contribution in [3.05, 3.63) is 107 Å². The molecule has 0 bridgehead atoms. The Hall–Kier alpha value is -4.85. The lowest BCUT2D eigenvalue weighted by Crippen LogP contribution is -2.37. The molecule has 2 amide bonds. The lowest BCUT2D eigenvalue weighted by atomic mass is 10.0. The van der Waals surface area contributed by atoms with E-state index in [9.17, 15) is 9.59 Å². The van der Waals surface area contributed by atoms with Crippen LogP contribution in [0.3, 0.4) is 0 Å². The predicted molar refractivity (Wildman–Crippen MR) is 188 cm³/mol. The highest BCUT2D eigenvalue weighted by molar-refractivity contribution is 5.90. The molecule has 0 unspecified atom stereocenters. The van der Waals surface area contributed by atoms with Gasteiger partial charge in [-0.2, -0.15) is 0 Å². The molecule has 0 aliphatic heterocycles. The molecule has 0 aliphatic carbocycles. The molecular formula is C39H47N3O5. The SMILES string of the molecule is COc1c(C)cnc(CN(C(=O)OC(C)(C)C)c2cc(C)cc(-c3ccc(N(Cc4ccccc4)C(=O)OC(C)(C)C)cc3)c2)c1C. The topological polar surface area (TPSA) is 81.2 Å². The minimum Gasteiger partial charge on any atom is -0.496 e. The van der Waals surface area contributed by atoms with Crippen LogP contribution in [0.4, 0.5) is 21.0 Å². The van der Waals surface area contributed by atoms with Gasteiger partial charge in [0.05, 0.1) is 25.9 Å². The summed E-state index contributed by atoms with van der Waals surface area (Å²) < 4.78 is 17.2. The molecule has 3 aromatic carbocycles. The third kappa shape index (κ3) is 9.35. The number of anilines is 2. The second-order valence-corrected chi connectivity index (χ2v) is 13.8. The Labute approximate surface area is 279 Å². The van der Waals surface area contributed by atoms with E-state index in [2.05, 4.69) is 11.1 Å². The summed E-state index contributed by atoms with van der Waals surface area (Å²) in [4.78, 5) is 34.9. The van der Waals surface area contributed by atoms with Gasteiger partial charge in [-0.15, -0.1) is 0 Å². The first-order valence-corrected chi connectivity index (χ1v) is 15.8. The van der Waals surface area contributed by atoms with Crippen LogP contribution >= 0.6 is 0 Å². The van der Waals surface area contributed by atoms with Crippen LogP contribution in [-0.4, -0.2) is 35.5 Å². The molecule has 0 aliphatic rings. The van der Waals surface area contributed by atoms with Crippen LogP contribution in [0.25, 0.3) is 11.1 Å². The van der Waals surface area contributed by atoms with Crippen molar-refractivity contribution in [3.63, 3.8) is 0 Å². The summed E-state index contributed by atoms with van der Waals surface area (Å²) in [5.74, 6) is 0.747. The number of pyridine rings is 1. The zero-order chi connectivity index (χ0) is 34.5. The summed E-state index contributed by atoms with van der Waals surface area (Å²) in [6, 6.07) is 23.6. The highest BCUT2D eigenvalue weighted by Crippen LogP contribution is 2.32. The van der Waals surface area contributed by atoms with Gasteiger partial charge < -0.3 is 14.2 Å². The Morgan fingerprint density at radius 2 is 1.28 bits per heavy atom. The number of aryl methyl sites for hydroxylation is 2. The van der Waals surface area contributed by atoms with Gasteiger partial charge in [-0.3, -0.25) is 14.8 Å². The molecule has 47 heavy (non-hydrogen) atoms. The van der Waals surface area contributed by atoms with Crippen LogP contribution in [0.2, 0.25) is 0 Å². The van der Waals surface area contributed by atoms with Crippen molar-refractivity contribution in [1.29, 1.82) is 0 Å². The maximum atomic E-state index is 13.7. The molecular weight excluding hydrogens is 590 g/mol. The van der Waals surface area contributed by atoms with Crippen molar-refractivity contribution < 1.29 is 23.8 Å². The van der Waals surface area contributed by atoms with Crippen LogP contribution in [-0.2, 0) is 22.6 Å². The number of carbonyl (C=O) groups excluding carboxylic acids is 2. The van der Waals surface area contributed by atoms with Gasteiger partial charge in [0.2, 0.25) is 0 Å². The highest BCUT2D eigenvalue weighted by atomic mass is 16.6. The molecule has 4 rings (SSSR count). The van der Waals surface area contributed by atoms with Crippen molar-refractivity contribution in [2.45, 2.75) is 86.6 Å². The Bertz CT molecular complexity index is 1700. The maximum absolute atomic E-state index is 13.7. The molecule has 0 N–H and O–H groups in total. The summed E-state index contributed by atoms with van der Waals surface area (Å²) in [5, 5.41) is 0. The average Bonchev–Trinajstić information content (AvgIpc) is 2.98. The number of nitrogens with zero attached hydrogens (tertiary/aromatic N) is 3. The average molecular weight is 638 g/mol. The van der Waals surface area contributed by atoms with Gasteiger partial charge in [0.1, 0.15) is 17.0 Å². The van der Waals surface area contributed by atoms with Crippen LogP contribution in [0.5, 0.6) is 5.75 Å². The van der Waals surface area contributed by atoms with Crippen molar-refractivity contribution in [3.8, 4) is 16.9 Å². The highest BCUT2D eigenvalue weighted by Gasteiger charge is 2.27. The molecule has 1 heterocycles. The molecule has 4 aromatic rings. The van der Waals surface area contributed by atoms with Gasteiger partial charge in [0.15, 0.2) is 0 Å². The predicted octanol–water partition coefficient (Wildman–Crippen LogP) is 9.57. The number of methoxy groups -OCH3 is 1. The number of benzene rings is 3. The Morgan fingerprint density at radius 1 is 0.702 bits per heavy atom. The summed E-state index contributed by atoms with van der Waals surface area (Å²) in [7, 11) is 1.64. The lowest BCUT2D eigenvalue weighted by Gasteiger charge is -2.29. The monoisotopic (exact) mass is 637 g/mol. The van der Waals surface area contributed by atoms with E-state index in [-0.39, 0.29) is 6.54 Å². The van der Waals surface area contributed by atoms with E-state index in [0.717, 1.165) is 39.1 Å². The third-order valence-corrected chi connectivity index (χ3v) is 7.36. The fourth-order valence-corrected chi connectivity index (χ4v) is 5.22. The largest absolute Gasteiger partial charge is 0.496 e. The summed E-state index contributed by atoms with van der Waals surface area (Å²) in [5.41, 5.74) is 6.38. The molecule has 8 heteroatoms. The zero-order valence-electron chi connectivity index (χ0n) is 29.3. The minimum atomic E-state index is -0.689. The number of hydrogen-bond acceptors (Lipinski definition) is 6. The van der Waals surface area contributed by atoms with Crippen molar-refractivity contribution in [1.82, 2.24) is 4.98 Å². The first-order chi connectivity index (χ1) is 22.0. The molecule has 0 radical (unpaired) electrons. The smallest absolute Gasteiger partial charge is 0.415 e. The van der Waals surface area contributed by atoms with Crippen LogP contribution in [0, 0.1) is 20.8 Å². The first-order valence-electron chi connectivity index (χ1n) is 15.8. The lowest BCUT2D eigenvalue weighted by molar-refractivity contribution is 0.0566. The van der Waals surface area contributed by atoms with Crippen molar-refractivity contribution in [2.75, 3.05) is 16.9 Å². The molecule has 248 valence electrons. The van der Waals surface area contributed by atoms with Crippen LogP contribution in [0.15, 0.2) is 79.0 Å². The molecule has 1 aromatic heterocycles. The molecule has 0 saturated carbocycles. The van der Waals surface area contributed by atoms with Gasteiger partial charge in [0.25, 0.3) is 0 Å². The van der Waals surface area contributed by atoms with E-state index in [0.29, 0.717) is 23.6 Å². The Kier molecular flexibility index (Phi) is 10.6. The van der Waals surface area contributed by atoms with Gasteiger partial charge >= 0.3 is 12.2 Å². The minimum absolute atomic E-state index is 0.198. The number of ether oxygens (including phenoxy) is 3. The summed E-state index contributed by atoms with van der Waals surface area (Å²) in [6.07, 6.45) is 0.867. The van der Waals surface area contributed by atoms with Crippen molar-refractivity contribution >= 4 is 23.6 Å². The van der Waals surface area contributed by atoms with E-state index in [1.54, 1.807) is 23.1 Å². The van der Waals surface area contributed by atoms with E-state index >= 15 is 0 Å². The van der Waals surface area contributed by atoms with E-state index in [1.807, 2.05) is 129 Å². The van der Waals surface area contributed by atoms with Crippen molar-refractivity contribution in [2.24, 2.45) is 0 Å². The number of aromatic nitrogens is 1. The fourth-order valence-electron chi connectivity index (χ4n) is 5.22. The number of rotatable bonds is 8. The van der Waals surface area contributed by atoms with E-state index in [4.69, 9.17) is 14.2 Å². The van der Waals surface area contributed by atoms with Crippen LogP contribution in [0.1, 0.15) is 69.5 Å². The summed E-state index contributed by atoms with van der Waals surface area (Å²) >= 11 is 0. The van der Waals surface area contributed by atoms with Crippen LogP contribution < -0.4 is 14.5 Å². The van der Waals surface area contributed by atoms with Gasteiger partial charge in [-0.1, -0.05) is 48.5 Å². The van der Waals surface area contributed by atoms with Gasteiger partial charge in [-0.05, 0) is 109 Å². The van der Waals surface area contributed by atoms with E-state index in [1.165, 1.54) is 0 Å². The fraction of sp³-hybridized carbons (Fsp3) is 0.359. The molecule has 0 spiro atoms. The normalized spacial score (nSPS) is 11.5.